The second kappa shape index (κ2) is 34.4. The molecule has 4 amide bonds. The number of benzene rings is 2. The number of hydrogen-bond donors (Lipinski definition) is 4. The Kier molecular flexibility index (Phi) is 30.5. The predicted molar refractivity (Wildman–Crippen MR) is 336 cm³/mol. The number of aromatic amines is 2. The number of rotatable bonds is 15. The van der Waals surface area contributed by atoms with E-state index < -0.39 is 48.9 Å². The molecule has 0 spiro atoms. The molecule has 2 saturated heterocycles. The van der Waals surface area contributed by atoms with Crippen molar-refractivity contribution in [2.45, 2.75) is 120 Å². The van der Waals surface area contributed by atoms with E-state index >= 15 is 0 Å². The van der Waals surface area contributed by atoms with Gasteiger partial charge in [0.25, 0.3) is 35.2 Å². The molecule has 0 saturated carbocycles. The second-order valence-corrected chi connectivity index (χ2v) is 35.3. The standard InChI is InChI=1S/C22H22N4O3.C21H19BrN4O3.3C4H9.CH5BO2.2CH4.CH3.HI.Sn/c1-14-12-23-15(2)19-18(14)17(13-24-19)20(27)22(29)26-10-8-25(9-11-26)21(28)16-6-4-3-5-7-16;1-13-11-24-19(22)17-16(13)15(12-23-17)18(27)21(29)26-9-7-25(8-10-26)20(28)14-5-3-2-4-6-14;3*1-3-4-2;1-2(3)4;;;;;/h3-7,12-13,24H,8-11H2,1-2H3;2-6,11-12,23H,7-10H2,1H3;3*1,3-4H2,2H3;3-4H,1H3;2*1H4;1H3;1H;. The summed E-state index contributed by atoms with van der Waals surface area (Å²) < 4.78 is 5.57. The van der Waals surface area contributed by atoms with Crippen LogP contribution in [-0.4, -0.2) is 163 Å². The third-order valence-corrected chi connectivity index (χ3v) is 27.9. The van der Waals surface area contributed by atoms with Crippen molar-refractivity contribution in [2.75, 3.05) is 52.4 Å². The number of aromatic nitrogens is 4. The van der Waals surface area contributed by atoms with E-state index in [-0.39, 0.29) is 50.6 Å². The Labute approximate surface area is 498 Å². The molecule has 0 radical (unpaired) electrons. The normalized spacial score (nSPS) is 12.9. The molecule has 0 aliphatic carbocycles. The molecule has 6 heterocycles. The number of amides is 4. The van der Waals surface area contributed by atoms with Crippen LogP contribution in [0.5, 0.6) is 0 Å². The number of hydrogen-bond acceptors (Lipinski definition) is 10. The number of piperazine rings is 2. The number of unbranched alkanes of at least 4 members (excludes halogenated alkanes) is 3. The Morgan fingerprint density at radius 1 is 0.582 bits per heavy atom. The van der Waals surface area contributed by atoms with Gasteiger partial charge in [-0.1, -0.05) is 51.3 Å². The Morgan fingerprint density at radius 3 is 1.28 bits per heavy atom. The van der Waals surface area contributed by atoms with Gasteiger partial charge in [0.1, 0.15) is 4.60 Å². The molecule has 2 fully saturated rings. The SMILES string of the molecule is C.C.CB(O)O.CCC[CH2][Sn]([CH3])([CH2]CCC)[CH2]CCC.Cc1cnc(Br)c2[nH]cc(C(=O)C(=O)N3CCN(C(=O)c4ccccc4)CC3)c12.Cc1ncc(C)c2c(C(=O)C(=O)N3CCN(C(=O)c4ccccc4)CC3)c[nH]c12.I. The van der Waals surface area contributed by atoms with Gasteiger partial charge in [0.2, 0.25) is 0 Å². The fraction of sp³-hybridized carbons (Fsp3) is 0.458. The number of nitrogens with one attached hydrogen (secondary N) is 2. The smallest absolute Gasteiger partial charge is 0.295 e. The number of fused-ring (bicyclic) bond motifs is 2. The number of nitrogens with zero attached hydrogens (tertiary/aromatic N) is 6. The van der Waals surface area contributed by atoms with E-state index in [0.29, 0.717) is 90.1 Å². The summed E-state index contributed by atoms with van der Waals surface area (Å²) in [5, 5.41) is 16.7. The summed E-state index contributed by atoms with van der Waals surface area (Å²) in [6.45, 7) is 16.8. The first-order valence-electron chi connectivity index (χ1n) is 26.6. The number of Topliss-reactive ketones (excluding diaryl/α,β-unsaturated/α-hetero) is 2. The number of pyridine rings is 2. The summed E-state index contributed by atoms with van der Waals surface area (Å²) in [5.74, 6) is -2.29. The molecule has 20 heteroatoms. The molecular formula is C59H85BBrIN8O8Sn. The van der Waals surface area contributed by atoms with Crippen LogP contribution in [0.2, 0.25) is 25.1 Å². The summed E-state index contributed by atoms with van der Waals surface area (Å²) in [5.41, 5.74) is 5.88. The number of aryl methyl sites for hydroxylation is 3. The van der Waals surface area contributed by atoms with Gasteiger partial charge >= 0.3 is 103 Å². The van der Waals surface area contributed by atoms with Crippen molar-refractivity contribution in [1.82, 2.24) is 39.5 Å². The quantitative estimate of drug-likeness (QED) is 0.0251. The molecule has 4 aromatic heterocycles. The van der Waals surface area contributed by atoms with E-state index in [2.05, 4.69) is 61.6 Å². The summed E-state index contributed by atoms with van der Waals surface area (Å²) >= 11 is 1.80. The topological polar surface area (TPSA) is 213 Å². The van der Waals surface area contributed by atoms with Crippen molar-refractivity contribution in [3.63, 3.8) is 0 Å². The van der Waals surface area contributed by atoms with Gasteiger partial charge in [-0.25, -0.2) is 4.98 Å². The zero-order valence-electron chi connectivity index (χ0n) is 46.0. The van der Waals surface area contributed by atoms with E-state index in [1.54, 1.807) is 72.2 Å². The predicted octanol–water partition coefficient (Wildman–Crippen LogP) is 11.6. The maximum atomic E-state index is 12.9. The molecule has 16 nitrogen and oxygen atoms in total. The van der Waals surface area contributed by atoms with Crippen LogP contribution in [0.25, 0.3) is 21.8 Å². The molecule has 4 N–H and O–H groups in total. The van der Waals surface area contributed by atoms with Crippen LogP contribution in [0.15, 0.2) is 90.1 Å². The zero-order chi connectivity index (χ0) is 55.5. The molecular weight excluding hydrogens is 1290 g/mol. The Balaban J connectivity index is 0.000000405. The van der Waals surface area contributed by atoms with Crippen molar-refractivity contribution in [1.29, 1.82) is 0 Å². The fourth-order valence-electron chi connectivity index (χ4n) is 9.53. The van der Waals surface area contributed by atoms with Crippen LogP contribution < -0.4 is 0 Å². The van der Waals surface area contributed by atoms with Crippen LogP contribution in [0, 0.1) is 20.8 Å². The summed E-state index contributed by atoms with van der Waals surface area (Å²) in [4.78, 5) is 100. The molecule has 6 aromatic rings. The van der Waals surface area contributed by atoms with E-state index in [4.69, 9.17) is 10.0 Å². The van der Waals surface area contributed by atoms with Crippen LogP contribution in [-0.2, 0) is 9.59 Å². The zero-order valence-corrected chi connectivity index (χ0v) is 52.8. The minimum atomic E-state index is -1.56. The largest absolute Gasteiger partial charge is 0.359 e. The molecule has 2 aromatic carbocycles. The number of halogens is 2. The average Bonchev–Trinajstić information content (AvgIpc) is 4.21. The molecule has 430 valence electrons. The Morgan fingerprint density at radius 2 is 0.911 bits per heavy atom. The van der Waals surface area contributed by atoms with Gasteiger partial charge in [0.05, 0.1) is 27.9 Å². The number of carbonyl (C=O) groups is 6. The third kappa shape index (κ3) is 19.3. The average molecular weight is 1370 g/mol. The van der Waals surface area contributed by atoms with Gasteiger partial charge in [0.15, 0.2) is 0 Å². The van der Waals surface area contributed by atoms with Gasteiger partial charge < -0.3 is 39.6 Å². The van der Waals surface area contributed by atoms with E-state index in [1.807, 2.05) is 57.2 Å². The first-order valence-corrected chi connectivity index (χ1v) is 36.3. The number of carbonyl (C=O) groups excluding carboxylic acids is 6. The van der Waals surface area contributed by atoms with Crippen molar-refractivity contribution in [3.05, 3.63) is 129 Å². The molecule has 8 rings (SSSR count). The Bertz CT molecular complexity index is 2710. The third-order valence-electron chi connectivity index (χ3n) is 14.0. The maximum absolute atomic E-state index is 12.9. The monoisotopic (exact) mass is 1370 g/mol. The molecule has 79 heavy (non-hydrogen) atoms. The summed E-state index contributed by atoms with van der Waals surface area (Å²) in [6.07, 6.45) is 15.3. The summed E-state index contributed by atoms with van der Waals surface area (Å²) in [7, 11) is -1.17. The molecule has 0 bridgehead atoms. The summed E-state index contributed by atoms with van der Waals surface area (Å²) in [6, 6.07) is 18.1. The molecule has 2 aliphatic heterocycles. The van der Waals surface area contributed by atoms with Crippen molar-refractivity contribution < 1.29 is 38.8 Å². The second-order valence-electron chi connectivity index (χ2n) is 20.0. The van der Waals surface area contributed by atoms with Crippen molar-refractivity contribution >= 4 is 122 Å². The van der Waals surface area contributed by atoms with Crippen LogP contribution in [0.1, 0.15) is 132 Å². The fourth-order valence-corrected chi connectivity index (χ4v) is 22.4. The van der Waals surface area contributed by atoms with Crippen LogP contribution in [0.4, 0.5) is 0 Å². The first kappa shape index (κ1) is 70.1. The molecule has 0 atom stereocenters. The molecule has 2 aliphatic rings. The van der Waals surface area contributed by atoms with E-state index in [1.165, 1.54) is 55.1 Å². The van der Waals surface area contributed by atoms with Gasteiger partial charge in [-0.15, -0.1) is 24.0 Å². The minimum absolute atomic E-state index is 0. The minimum Gasteiger partial charge on any atom is -0.359 e. The van der Waals surface area contributed by atoms with Crippen molar-refractivity contribution in [2.24, 2.45) is 0 Å². The van der Waals surface area contributed by atoms with Gasteiger partial charge in [-0.2, -0.15) is 0 Å². The number of H-pyrrole nitrogens is 2. The molecule has 0 unspecified atom stereocenters. The first-order chi connectivity index (χ1) is 36.4. The van der Waals surface area contributed by atoms with Crippen LogP contribution >= 0.6 is 39.9 Å². The number of ketones is 2. The van der Waals surface area contributed by atoms with E-state index in [9.17, 15) is 28.8 Å². The Hall–Kier alpha value is -4.97. The van der Waals surface area contributed by atoms with Gasteiger partial charge in [0, 0.05) is 99.0 Å². The van der Waals surface area contributed by atoms with Crippen LogP contribution in [0.3, 0.4) is 0 Å². The van der Waals surface area contributed by atoms with E-state index in [0.717, 1.165) is 27.7 Å². The maximum Gasteiger partial charge on any atom is 0.295 e. The van der Waals surface area contributed by atoms with Gasteiger partial charge in [-0.05, 0) is 78.9 Å². The van der Waals surface area contributed by atoms with Gasteiger partial charge in [-0.3, -0.25) is 33.8 Å². The van der Waals surface area contributed by atoms with Crippen molar-refractivity contribution in [3.8, 4) is 0 Å².